The van der Waals surface area contributed by atoms with Crippen molar-refractivity contribution >= 4 is 11.3 Å². The molecule has 3 heterocycles. The van der Waals surface area contributed by atoms with E-state index in [2.05, 4.69) is 39.5 Å². The molecule has 2 aliphatic rings. The molecule has 0 N–H and O–H groups in total. The van der Waals surface area contributed by atoms with Crippen LogP contribution < -0.4 is 9.47 Å². The first kappa shape index (κ1) is 17.8. The van der Waals surface area contributed by atoms with Crippen molar-refractivity contribution in [1.29, 1.82) is 0 Å². The van der Waals surface area contributed by atoms with Crippen molar-refractivity contribution < 1.29 is 13.9 Å². The van der Waals surface area contributed by atoms with E-state index < -0.39 is 0 Å². The Labute approximate surface area is 168 Å². The number of ether oxygens (including phenoxy) is 2. The molecule has 28 heavy (non-hydrogen) atoms. The first-order chi connectivity index (χ1) is 13.8. The van der Waals surface area contributed by atoms with Crippen LogP contribution in [0.2, 0.25) is 0 Å². The monoisotopic (exact) mass is 396 g/mol. The van der Waals surface area contributed by atoms with Crippen molar-refractivity contribution in [2.75, 3.05) is 20.8 Å². The maximum atomic E-state index is 6.05. The first-order valence-corrected chi connectivity index (χ1v) is 10.6. The normalized spacial score (nSPS) is 19.4. The summed E-state index contributed by atoms with van der Waals surface area (Å²) in [6.45, 7) is 1.72. The Balaban J connectivity index is 1.51. The molecular weight excluding hydrogens is 372 g/mol. The van der Waals surface area contributed by atoms with Crippen LogP contribution in [0, 0.1) is 0 Å². The largest absolute Gasteiger partial charge is 0.493 e. The fraction of sp³-hybridized carbons (Fsp3) is 0.409. The van der Waals surface area contributed by atoms with Gasteiger partial charge in [0.15, 0.2) is 17.4 Å². The van der Waals surface area contributed by atoms with Gasteiger partial charge in [0.1, 0.15) is 5.76 Å². The zero-order valence-corrected chi connectivity index (χ0v) is 17.0. The van der Waals surface area contributed by atoms with E-state index in [1.165, 1.54) is 28.8 Å². The van der Waals surface area contributed by atoms with E-state index in [4.69, 9.17) is 13.9 Å². The molecule has 1 unspecified atom stereocenters. The van der Waals surface area contributed by atoms with Gasteiger partial charge in [-0.3, -0.25) is 4.90 Å². The standard InChI is InChI=1S/C22H24N2O3S/c1-25-18-10-15-7-8-24(13-16-12-23-22(27-16)14-5-6-14)21(20-4-3-9-28-20)17(15)11-19(18)26-2/h3-4,9-12,14,21H,5-8,13H2,1-2H3. The quantitative estimate of drug-likeness (QED) is 0.600. The van der Waals surface area contributed by atoms with Crippen LogP contribution in [0.3, 0.4) is 0 Å². The van der Waals surface area contributed by atoms with Crippen molar-refractivity contribution in [2.24, 2.45) is 0 Å². The van der Waals surface area contributed by atoms with Crippen molar-refractivity contribution in [3.8, 4) is 11.5 Å². The Morgan fingerprint density at radius 3 is 2.75 bits per heavy atom. The third-order valence-corrected chi connectivity index (χ3v) is 6.57. The van der Waals surface area contributed by atoms with Crippen molar-refractivity contribution in [2.45, 2.75) is 37.8 Å². The van der Waals surface area contributed by atoms with E-state index in [0.29, 0.717) is 5.92 Å². The van der Waals surface area contributed by atoms with E-state index in [0.717, 1.165) is 42.7 Å². The highest BCUT2D eigenvalue weighted by Gasteiger charge is 2.33. The fourth-order valence-electron chi connectivity index (χ4n) is 4.06. The van der Waals surface area contributed by atoms with Crippen LogP contribution in [-0.4, -0.2) is 30.6 Å². The number of oxazole rings is 1. The molecule has 1 aromatic carbocycles. The molecule has 1 saturated carbocycles. The van der Waals surface area contributed by atoms with Crippen molar-refractivity contribution in [3.63, 3.8) is 0 Å². The SMILES string of the molecule is COc1cc2c(cc1OC)C(c1cccs1)N(Cc1cnc(C3CC3)o1)CC2. The summed E-state index contributed by atoms with van der Waals surface area (Å²) in [4.78, 5) is 8.31. The van der Waals surface area contributed by atoms with Gasteiger partial charge in [-0.15, -0.1) is 11.3 Å². The highest BCUT2D eigenvalue weighted by Crippen LogP contribution is 2.43. The third kappa shape index (κ3) is 3.20. The molecule has 0 saturated heterocycles. The molecule has 0 spiro atoms. The summed E-state index contributed by atoms with van der Waals surface area (Å²) in [5.41, 5.74) is 2.61. The Bertz CT molecular complexity index is 962. The van der Waals surface area contributed by atoms with Crippen LogP contribution in [0.5, 0.6) is 11.5 Å². The van der Waals surface area contributed by atoms with Crippen molar-refractivity contribution in [3.05, 3.63) is 63.5 Å². The number of hydrogen-bond acceptors (Lipinski definition) is 6. The highest BCUT2D eigenvalue weighted by atomic mass is 32.1. The molecule has 0 amide bonds. The summed E-state index contributed by atoms with van der Waals surface area (Å²) in [7, 11) is 3.39. The fourth-order valence-corrected chi connectivity index (χ4v) is 4.94. The van der Waals surface area contributed by atoms with Gasteiger partial charge in [-0.1, -0.05) is 6.07 Å². The second-order valence-electron chi connectivity index (χ2n) is 7.48. The second kappa shape index (κ2) is 7.26. The van der Waals surface area contributed by atoms with Crippen LogP contribution in [0.15, 0.2) is 40.3 Å². The number of aromatic nitrogens is 1. The topological polar surface area (TPSA) is 47.7 Å². The van der Waals surface area contributed by atoms with Gasteiger partial charge in [0.25, 0.3) is 0 Å². The summed E-state index contributed by atoms with van der Waals surface area (Å²) in [5, 5.41) is 2.14. The van der Waals surface area contributed by atoms with E-state index in [9.17, 15) is 0 Å². The van der Waals surface area contributed by atoms with Gasteiger partial charge in [-0.05, 0) is 54.0 Å². The van der Waals surface area contributed by atoms with Crippen LogP contribution in [0.25, 0.3) is 0 Å². The Kier molecular flexibility index (Phi) is 4.61. The molecule has 1 fully saturated rings. The number of benzene rings is 1. The van der Waals surface area contributed by atoms with E-state index in [-0.39, 0.29) is 6.04 Å². The average molecular weight is 397 g/mol. The van der Waals surface area contributed by atoms with Gasteiger partial charge in [-0.25, -0.2) is 4.98 Å². The highest BCUT2D eigenvalue weighted by molar-refractivity contribution is 7.10. The zero-order chi connectivity index (χ0) is 19.1. The Morgan fingerprint density at radius 1 is 1.21 bits per heavy atom. The van der Waals surface area contributed by atoms with Crippen LogP contribution in [0.1, 0.15) is 52.5 Å². The number of hydrogen-bond donors (Lipinski definition) is 0. The number of thiophene rings is 1. The first-order valence-electron chi connectivity index (χ1n) is 9.73. The van der Waals surface area contributed by atoms with Crippen LogP contribution in [0.4, 0.5) is 0 Å². The van der Waals surface area contributed by atoms with Gasteiger partial charge >= 0.3 is 0 Å². The molecule has 3 aromatic rings. The third-order valence-electron chi connectivity index (χ3n) is 5.64. The number of methoxy groups -OCH3 is 2. The molecule has 5 rings (SSSR count). The lowest BCUT2D eigenvalue weighted by atomic mass is 9.90. The van der Waals surface area contributed by atoms with Gasteiger partial charge in [0.05, 0.1) is 33.0 Å². The molecule has 2 aromatic heterocycles. The molecule has 146 valence electrons. The summed E-state index contributed by atoms with van der Waals surface area (Å²) in [5.74, 6) is 3.98. The van der Waals surface area contributed by atoms with Gasteiger partial charge in [0.2, 0.25) is 0 Å². The molecule has 1 aliphatic carbocycles. The molecule has 6 heteroatoms. The molecule has 1 atom stereocenters. The van der Waals surface area contributed by atoms with Crippen LogP contribution in [-0.2, 0) is 13.0 Å². The summed E-state index contributed by atoms with van der Waals surface area (Å²) in [6.07, 6.45) is 5.29. The molecular formula is C22H24N2O3S. The summed E-state index contributed by atoms with van der Waals surface area (Å²) < 4.78 is 17.2. The summed E-state index contributed by atoms with van der Waals surface area (Å²) >= 11 is 1.79. The molecule has 0 radical (unpaired) electrons. The minimum atomic E-state index is 0.179. The number of fused-ring (bicyclic) bond motifs is 1. The van der Waals surface area contributed by atoms with Gasteiger partial charge in [-0.2, -0.15) is 0 Å². The summed E-state index contributed by atoms with van der Waals surface area (Å²) in [6, 6.07) is 8.78. The number of rotatable bonds is 6. The van der Waals surface area contributed by atoms with E-state index >= 15 is 0 Å². The average Bonchev–Trinajstić information content (AvgIpc) is 3.23. The lowest BCUT2D eigenvalue weighted by molar-refractivity contribution is 0.189. The second-order valence-corrected chi connectivity index (χ2v) is 8.46. The lowest BCUT2D eigenvalue weighted by Crippen LogP contribution is -2.35. The minimum absolute atomic E-state index is 0.179. The van der Waals surface area contributed by atoms with Crippen LogP contribution >= 0.6 is 11.3 Å². The van der Waals surface area contributed by atoms with E-state index in [1.54, 1.807) is 25.6 Å². The minimum Gasteiger partial charge on any atom is -0.493 e. The molecule has 1 aliphatic heterocycles. The number of nitrogens with zero attached hydrogens (tertiary/aromatic N) is 2. The maximum absolute atomic E-state index is 6.05. The Hall–Kier alpha value is -2.31. The lowest BCUT2D eigenvalue weighted by Gasteiger charge is -2.36. The van der Waals surface area contributed by atoms with Gasteiger partial charge in [0, 0.05) is 17.3 Å². The molecule has 5 nitrogen and oxygen atoms in total. The zero-order valence-electron chi connectivity index (χ0n) is 16.2. The van der Waals surface area contributed by atoms with E-state index in [1.807, 2.05) is 6.20 Å². The maximum Gasteiger partial charge on any atom is 0.197 e. The molecule has 0 bridgehead atoms. The smallest absolute Gasteiger partial charge is 0.197 e. The Morgan fingerprint density at radius 2 is 2.04 bits per heavy atom. The predicted molar refractivity (Wildman–Crippen MR) is 108 cm³/mol. The van der Waals surface area contributed by atoms with Crippen molar-refractivity contribution in [1.82, 2.24) is 9.88 Å². The van der Waals surface area contributed by atoms with Gasteiger partial charge < -0.3 is 13.9 Å². The predicted octanol–water partition coefficient (Wildman–Crippen LogP) is 4.78.